The second-order valence-corrected chi connectivity index (χ2v) is 5.29. The molecule has 1 aliphatic heterocycles. The molecule has 1 fully saturated rings. The van der Waals surface area contributed by atoms with Crippen LogP contribution in [0.25, 0.3) is 0 Å². The van der Waals surface area contributed by atoms with Crippen molar-refractivity contribution in [3.05, 3.63) is 35.9 Å². The SMILES string of the molecule is CCOC(=O)[C@H]1[C@H](CNC)[C@@H](C)ON1Cc1ccccc1. The van der Waals surface area contributed by atoms with E-state index in [0.29, 0.717) is 13.2 Å². The Kier molecular flexibility index (Phi) is 5.73. The molecule has 0 spiro atoms. The standard InChI is InChI=1S/C16H24N2O3/c1-4-20-16(19)15-14(10-17-3)12(2)21-18(15)11-13-8-6-5-7-9-13/h5-9,12,14-15,17H,4,10-11H2,1-3H3/t12-,14-,15-/m1/s1. The van der Waals surface area contributed by atoms with Crippen molar-refractivity contribution in [2.75, 3.05) is 20.2 Å². The van der Waals surface area contributed by atoms with Crippen molar-refractivity contribution in [2.24, 2.45) is 5.92 Å². The number of benzene rings is 1. The van der Waals surface area contributed by atoms with Crippen LogP contribution >= 0.6 is 0 Å². The van der Waals surface area contributed by atoms with Gasteiger partial charge in [-0.2, -0.15) is 5.06 Å². The molecule has 1 saturated heterocycles. The van der Waals surface area contributed by atoms with Gasteiger partial charge >= 0.3 is 5.97 Å². The summed E-state index contributed by atoms with van der Waals surface area (Å²) in [5.41, 5.74) is 1.11. The summed E-state index contributed by atoms with van der Waals surface area (Å²) >= 11 is 0. The van der Waals surface area contributed by atoms with E-state index in [1.54, 1.807) is 5.06 Å². The van der Waals surface area contributed by atoms with Gasteiger partial charge in [0.25, 0.3) is 0 Å². The highest BCUT2D eigenvalue weighted by molar-refractivity contribution is 5.76. The largest absolute Gasteiger partial charge is 0.465 e. The van der Waals surface area contributed by atoms with E-state index in [9.17, 15) is 4.79 Å². The van der Waals surface area contributed by atoms with E-state index in [1.807, 2.05) is 51.2 Å². The van der Waals surface area contributed by atoms with Gasteiger partial charge in [0.15, 0.2) is 0 Å². The molecule has 0 aliphatic carbocycles. The van der Waals surface area contributed by atoms with Crippen LogP contribution in [0.15, 0.2) is 30.3 Å². The number of hydrogen-bond acceptors (Lipinski definition) is 5. The van der Waals surface area contributed by atoms with Crippen molar-refractivity contribution >= 4 is 5.97 Å². The van der Waals surface area contributed by atoms with Gasteiger partial charge in [-0.15, -0.1) is 0 Å². The highest BCUT2D eigenvalue weighted by Crippen LogP contribution is 2.29. The van der Waals surface area contributed by atoms with Gasteiger partial charge in [0.1, 0.15) is 6.04 Å². The van der Waals surface area contributed by atoms with Gasteiger partial charge in [0.05, 0.1) is 19.3 Å². The molecule has 0 saturated carbocycles. The zero-order valence-electron chi connectivity index (χ0n) is 12.9. The van der Waals surface area contributed by atoms with E-state index < -0.39 is 0 Å². The highest BCUT2D eigenvalue weighted by atomic mass is 16.7. The maximum atomic E-state index is 12.3. The summed E-state index contributed by atoms with van der Waals surface area (Å²) in [6, 6.07) is 9.64. The normalized spacial score (nSPS) is 26.0. The third kappa shape index (κ3) is 3.81. The van der Waals surface area contributed by atoms with E-state index in [2.05, 4.69) is 5.32 Å². The predicted octanol–water partition coefficient (Wildman–Crippen LogP) is 1.59. The third-order valence-corrected chi connectivity index (χ3v) is 3.77. The van der Waals surface area contributed by atoms with Crippen LogP contribution in [0.2, 0.25) is 0 Å². The fourth-order valence-corrected chi connectivity index (χ4v) is 2.76. The number of nitrogens with one attached hydrogen (secondary N) is 1. The lowest BCUT2D eigenvalue weighted by Crippen LogP contribution is -2.43. The molecule has 1 aromatic rings. The fourth-order valence-electron chi connectivity index (χ4n) is 2.76. The van der Waals surface area contributed by atoms with Gasteiger partial charge in [-0.05, 0) is 26.5 Å². The van der Waals surface area contributed by atoms with Crippen molar-refractivity contribution in [2.45, 2.75) is 32.5 Å². The lowest BCUT2D eigenvalue weighted by atomic mass is 9.95. The van der Waals surface area contributed by atoms with Crippen molar-refractivity contribution in [3.63, 3.8) is 0 Å². The van der Waals surface area contributed by atoms with Crippen LogP contribution in [-0.2, 0) is 20.9 Å². The summed E-state index contributed by atoms with van der Waals surface area (Å²) in [6.07, 6.45) is -0.0180. The number of hydroxylamine groups is 2. The van der Waals surface area contributed by atoms with Crippen LogP contribution in [0.1, 0.15) is 19.4 Å². The molecule has 5 nitrogen and oxygen atoms in total. The summed E-state index contributed by atoms with van der Waals surface area (Å²) in [6.45, 7) is 5.50. The van der Waals surface area contributed by atoms with E-state index >= 15 is 0 Å². The minimum absolute atomic E-state index is 0.0180. The molecule has 0 unspecified atom stereocenters. The molecule has 1 aromatic carbocycles. The second kappa shape index (κ2) is 7.54. The highest BCUT2D eigenvalue weighted by Gasteiger charge is 2.45. The maximum absolute atomic E-state index is 12.3. The molecule has 1 heterocycles. The Morgan fingerprint density at radius 2 is 2.10 bits per heavy atom. The van der Waals surface area contributed by atoms with Gasteiger partial charge < -0.3 is 10.1 Å². The van der Waals surface area contributed by atoms with E-state index in [0.717, 1.165) is 12.1 Å². The molecule has 5 heteroatoms. The average Bonchev–Trinajstić information content (AvgIpc) is 2.77. The Morgan fingerprint density at radius 3 is 2.71 bits per heavy atom. The van der Waals surface area contributed by atoms with Crippen molar-refractivity contribution in [1.82, 2.24) is 10.4 Å². The van der Waals surface area contributed by atoms with Crippen LogP contribution in [0.5, 0.6) is 0 Å². The molecule has 2 rings (SSSR count). The molecule has 1 aliphatic rings. The molecular weight excluding hydrogens is 268 g/mol. The smallest absolute Gasteiger partial charge is 0.326 e. The molecular formula is C16H24N2O3. The molecule has 0 amide bonds. The zero-order valence-corrected chi connectivity index (χ0v) is 12.9. The Labute approximate surface area is 126 Å². The number of nitrogens with zero attached hydrogens (tertiary/aromatic N) is 1. The first-order valence-corrected chi connectivity index (χ1v) is 7.46. The Morgan fingerprint density at radius 1 is 1.38 bits per heavy atom. The quantitative estimate of drug-likeness (QED) is 0.807. The van der Waals surface area contributed by atoms with Crippen molar-refractivity contribution in [3.8, 4) is 0 Å². The minimum atomic E-state index is -0.368. The number of esters is 1. The van der Waals surface area contributed by atoms with Crippen LogP contribution in [0, 0.1) is 5.92 Å². The van der Waals surface area contributed by atoms with Gasteiger partial charge in [0, 0.05) is 12.5 Å². The maximum Gasteiger partial charge on any atom is 0.326 e. The van der Waals surface area contributed by atoms with E-state index in [4.69, 9.17) is 9.57 Å². The van der Waals surface area contributed by atoms with Crippen LogP contribution in [0.3, 0.4) is 0 Å². The first kappa shape index (κ1) is 15.9. The van der Waals surface area contributed by atoms with Crippen molar-refractivity contribution in [1.29, 1.82) is 0 Å². The number of carbonyl (C=O) groups is 1. The summed E-state index contributed by atoms with van der Waals surface area (Å²) in [5.74, 6) is -0.129. The minimum Gasteiger partial charge on any atom is -0.465 e. The number of ether oxygens (including phenoxy) is 1. The number of carbonyl (C=O) groups excluding carboxylic acids is 1. The molecule has 1 N–H and O–H groups in total. The van der Waals surface area contributed by atoms with Crippen molar-refractivity contribution < 1.29 is 14.4 Å². The molecule has 0 aromatic heterocycles. The van der Waals surface area contributed by atoms with E-state index in [-0.39, 0.29) is 24.0 Å². The van der Waals surface area contributed by atoms with Crippen LogP contribution < -0.4 is 5.32 Å². The monoisotopic (exact) mass is 292 g/mol. The summed E-state index contributed by atoms with van der Waals surface area (Å²) in [4.78, 5) is 18.2. The first-order chi connectivity index (χ1) is 10.2. The molecule has 21 heavy (non-hydrogen) atoms. The Hall–Kier alpha value is -1.43. The Balaban J connectivity index is 2.15. The van der Waals surface area contributed by atoms with Crippen LogP contribution in [0.4, 0.5) is 0 Å². The molecule has 0 radical (unpaired) electrons. The topological polar surface area (TPSA) is 50.8 Å². The summed E-state index contributed by atoms with van der Waals surface area (Å²) < 4.78 is 5.23. The summed E-state index contributed by atoms with van der Waals surface area (Å²) in [7, 11) is 1.88. The van der Waals surface area contributed by atoms with E-state index in [1.165, 1.54) is 0 Å². The average molecular weight is 292 g/mol. The predicted molar refractivity (Wildman–Crippen MR) is 80.4 cm³/mol. The number of hydrogen-bond donors (Lipinski definition) is 1. The zero-order chi connectivity index (χ0) is 15.2. The molecule has 116 valence electrons. The Bertz CT molecular complexity index is 452. The molecule has 3 atom stereocenters. The fraction of sp³-hybridized carbons (Fsp3) is 0.562. The summed E-state index contributed by atoms with van der Waals surface area (Å²) in [5, 5.41) is 4.90. The molecule has 0 bridgehead atoms. The van der Waals surface area contributed by atoms with Gasteiger partial charge in [-0.25, -0.2) is 0 Å². The van der Waals surface area contributed by atoms with Crippen LogP contribution in [-0.4, -0.2) is 43.4 Å². The lowest BCUT2D eigenvalue weighted by Gasteiger charge is -2.23. The lowest BCUT2D eigenvalue weighted by molar-refractivity contribution is -0.183. The second-order valence-electron chi connectivity index (χ2n) is 5.29. The van der Waals surface area contributed by atoms with Gasteiger partial charge in [0.2, 0.25) is 0 Å². The van der Waals surface area contributed by atoms with Gasteiger partial charge in [-0.3, -0.25) is 9.63 Å². The third-order valence-electron chi connectivity index (χ3n) is 3.77. The number of rotatable bonds is 6. The first-order valence-electron chi connectivity index (χ1n) is 7.46. The van der Waals surface area contributed by atoms with Gasteiger partial charge in [-0.1, -0.05) is 30.3 Å².